The lowest BCUT2D eigenvalue weighted by molar-refractivity contribution is -0.275. The third-order valence-corrected chi connectivity index (χ3v) is 1.96. The lowest BCUT2D eigenvalue weighted by atomic mass is 10.2. The zero-order valence-corrected chi connectivity index (χ0v) is 9.09. The third-order valence-electron chi connectivity index (χ3n) is 1.96. The Bertz CT molecular complexity index is 422. The Morgan fingerprint density at radius 2 is 2.00 bits per heavy atom. The second-order valence-corrected chi connectivity index (χ2v) is 3.07. The second-order valence-electron chi connectivity index (χ2n) is 3.07. The molecule has 18 heavy (non-hydrogen) atoms. The number of nitrogens with zero attached hydrogens (tertiary/aromatic N) is 1. The van der Waals surface area contributed by atoms with E-state index in [0.29, 0.717) is 0 Å². The van der Waals surface area contributed by atoms with Crippen LogP contribution in [0.2, 0.25) is 0 Å². The molecule has 1 aromatic rings. The van der Waals surface area contributed by atoms with Crippen molar-refractivity contribution in [2.24, 2.45) is 5.73 Å². The largest absolute Gasteiger partial charge is 0.573 e. The molecule has 0 aliphatic carbocycles. The van der Waals surface area contributed by atoms with E-state index in [1.807, 2.05) is 0 Å². The number of nitrogens with two attached hydrogens (primary N) is 1. The topological polar surface area (TPSA) is 57.4 Å². The fraction of sp³-hybridized carbons (Fsp3) is 0.444. The van der Waals surface area contributed by atoms with Gasteiger partial charge in [0.05, 0.1) is 19.0 Å². The van der Waals surface area contributed by atoms with Gasteiger partial charge in [-0.2, -0.15) is 0 Å². The Hall–Kier alpha value is -1.64. The molecule has 0 spiro atoms. The monoisotopic (exact) mass is 272 g/mol. The number of rotatable bonds is 4. The normalized spacial score (nSPS) is 11.8. The number of ether oxygens (including phenoxy) is 2. The lowest BCUT2D eigenvalue weighted by Gasteiger charge is -2.17. The minimum Gasteiger partial charge on any atom is -0.494 e. The van der Waals surface area contributed by atoms with Gasteiger partial charge >= 0.3 is 6.36 Å². The highest BCUT2D eigenvalue weighted by atomic mass is 19.4. The minimum absolute atomic E-state index is 0.427. The van der Waals surface area contributed by atoms with Crippen molar-refractivity contribution in [3.63, 3.8) is 0 Å². The average molecular weight is 272 g/mol. The molecule has 0 radical (unpaired) electrons. The highest BCUT2D eigenvalue weighted by Gasteiger charge is 2.36. The van der Waals surface area contributed by atoms with Crippen molar-refractivity contribution in [2.45, 2.75) is 19.3 Å². The summed E-state index contributed by atoms with van der Waals surface area (Å²) in [5.41, 5.74) is 3.68. The quantitative estimate of drug-likeness (QED) is 0.855. The molecule has 0 aliphatic rings. The number of hydrogen-bond acceptors (Lipinski definition) is 4. The van der Waals surface area contributed by atoms with Crippen LogP contribution in [-0.4, -0.2) is 18.5 Å². The Labute approximate surface area is 98.5 Å². The van der Waals surface area contributed by atoms with Gasteiger partial charge in [-0.25, -0.2) is 8.78 Å². The standard InChI is InChI=1S/C9H9F5N2O2/c1-17-5-3-16-4(2-15)7(6(5)8(10)11)18-9(12,13)14/h3,8H,2,15H2,1H3. The summed E-state index contributed by atoms with van der Waals surface area (Å²) < 4.78 is 70.1. The minimum atomic E-state index is -5.12. The van der Waals surface area contributed by atoms with E-state index < -0.39 is 42.1 Å². The van der Waals surface area contributed by atoms with Crippen LogP contribution in [-0.2, 0) is 6.54 Å². The van der Waals surface area contributed by atoms with E-state index in [2.05, 4.69) is 14.5 Å². The molecule has 1 aromatic heterocycles. The van der Waals surface area contributed by atoms with Crippen LogP contribution in [0.4, 0.5) is 22.0 Å². The number of aromatic nitrogens is 1. The van der Waals surface area contributed by atoms with Crippen LogP contribution in [0.15, 0.2) is 6.20 Å². The van der Waals surface area contributed by atoms with Crippen molar-refractivity contribution in [3.8, 4) is 11.5 Å². The highest BCUT2D eigenvalue weighted by molar-refractivity contribution is 5.47. The van der Waals surface area contributed by atoms with E-state index in [9.17, 15) is 22.0 Å². The molecule has 9 heteroatoms. The molecule has 4 nitrogen and oxygen atoms in total. The number of alkyl halides is 5. The molecule has 0 amide bonds. The van der Waals surface area contributed by atoms with Gasteiger partial charge in [-0.15, -0.1) is 13.2 Å². The van der Waals surface area contributed by atoms with Gasteiger partial charge in [-0.1, -0.05) is 0 Å². The van der Waals surface area contributed by atoms with Crippen molar-refractivity contribution in [1.82, 2.24) is 4.98 Å². The fourth-order valence-electron chi connectivity index (χ4n) is 1.28. The molecule has 0 atom stereocenters. The Kier molecular flexibility index (Phi) is 4.28. The maximum atomic E-state index is 12.8. The summed E-state index contributed by atoms with van der Waals surface area (Å²) in [6.07, 6.45) is -7.47. The SMILES string of the molecule is COc1cnc(CN)c(OC(F)(F)F)c1C(F)F. The Morgan fingerprint density at radius 3 is 2.39 bits per heavy atom. The van der Waals surface area contributed by atoms with E-state index in [0.717, 1.165) is 13.3 Å². The summed E-state index contributed by atoms with van der Waals surface area (Å²) >= 11 is 0. The van der Waals surface area contributed by atoms with Crippen molar-refractivity contribution in [1.29, 1.82) is 0 Å². The first kappa shape index (κ1) is 14.4. The predicted molar refractivity (Wildman–Crippen MR) is 50.3 cm³/mol. The molecule has 0 fully saturated rings. The third kappa shape index (κ3) is 3.19. The van der Waals surface area contributed by atoms with Crippen LogP contribution in [0.25, 0.3) is 0 Å². The Morgan fingerprint density at radius 1 is 1.39 bits per heavy atom. The molecule has 0 saturated heterocycles. The zero-order valence-electron chi connectivity index (χ0n) is 9.09. The van der Waals surface area contributed by atoms with Crippen LogP contribution in [0.1, 0.15) is 17.7 Å². The van der Waals surface area contributed by atoms with Crippen LogP contribution in [0.5, 0.6) is 11.5 Å². The van der Waals surface area contributed by atoms with E-state index in [-0.39, 0.29) is 0 Å². The number of methoxy groups -OCH3 is 1. The van der Waals surface area contributed by atoms with Gasteiger partial charge < -0.3 is 15.2 Å². The van der Waals surface area contributed by atoms with E-state index >= 15 is 0 Å². The van der Waals surface area contributed by atoms with Crippen molar-refractivity contribution in [2.75, 3.05) is 7.11 Å². The summed E-state index contributed by atoms with van der Waals surface area (Å²) in [6, 6.07) is 0. The smallest absolute Gasteiger partial charge is 0.494 e. The molecule has 102 valence electrons. The molecule has 1 rings (SSSR count). The summed E-state index contributed by atoms with van der Waals surface area (Å²) in [4.78, 5) is 3.49. The number of halogens is 5. The average Bonchev–Trinajstić information content (AvgIpc) is 2.25. The van der Waals surface area contributed by atoms with Crippen molar-refractivity contribution < 1.29 is 31.4 Å². The van der Waals surface area contributed by atoms with E-state index in [4.69, 9.17) is 5.73 Å². The molecule has 1 heterocycles. The van der Waals surface area contributed by atoms with Crippen LogP contribution in [0, 0.1) is 0 Å². The van der Waals surface area contributed by atoms with E-state index in [1.54, 1.807) is 0 Å². The van der Waals surface area contributed by atoms with Gasteiger partial charge in [0.15, 0.2) is 5.75 Å². The first-order chi connectivity index (χ1) is 8.30. The fourth-order valence-corrected chi connectivity index (χ4v) is 1.28. The number of pyridine rings is 1. The molecule has 0 aliphatic heterocycles. The van der Waals surface area contributed by atoms with Gasteiger partial charge in [0, 0.05) is 6.54 Å². The predicted octanol–water partition coefficient (Wildman–Crippen LogP) is 2.39. The van der Waals surface area contributed by atoms with Crippen LogP contribution < -0.4 is 15.2 Å². The van der Waals surface area contributed by atoms with E-state index in [1.165, 1.54) is 0 Å². The Balaban J connectivity index is 3.40. The van der Waals surface area contributed by atoms with Gasteiger partial charge in [0.2, 0.25) is 0 Å². The molecule has 0 aromatic carbocycles. The summed E-state index contributed by atoms with van der Waals surface area (Å²) in [5, 5.41) is 0. The maximum Gasteiger partial charge on any atom is 0.573 e. The summed E-state index contributed by atoms with van der Waals surface area (Å²) in [5.74, 6) is -1.61. The zero-order chi connectivity index (χ0) is 13.9. The van der Waals surface area contributed by atoms with Crippen molar-refractivity contribution >= 4 is 0 Å². The molecule has 0 unspecified atom stereocenters. The molecular formula is C9H9F5N2O2. The van der Waals surface area contributed by atoms with Gasteiger partial charge in [-0.05, 0) is 0 Å². The lowest BCUT2D eigenvalue weighted by Crippen LogP contribution is -2.21. The molecule has 0 saturated carbocycles. The molecule has 0 bridgehead atoms. The molecule has 2 N–H and O–H groups in total. The molecular weight excluding hydrogens is 263 g/mol. The second kappa shape index (κ2) is 5.34. The van der Waals surface area contributed by atoms with Crippen molar-refractivity contribution in [3.05, 3.63) is 17.5 Å². The van der Waals surface area contributed by atoms with Gasteiger partial charge in [-0.3, -0.25) is 4.98 Å². The van der Waals surface area contributed by atoms with Gasteiger partial charge in [0.25, 0.3) is 6.43 Å². The number of hydrogen-bond donors (Lipinski definition) is 1. The maximum absolute atomic E-state index is 12.8. The highest BCUT2D eigenvalue weighted by Crippen LogP contribution is 2.40. The van der Waals surface area contributed by atoms with Crippen LogP contribution >= 0.6 is 0 Å². The first-order valence-corrected chi connectivity index (χ1v) is 4.59. The summed E-state index contributed by atoms with van der Waals surface area (Å²) in [7, 11) is 1.03. The first-order valence-electron chi connectivity index (χ1n) is 4.59. The van der Waals surface area contributed by atoms with Crippen LogP contribution in [0.3, 0.4) is 0 Å². The van der Waals surface area contributed by atoms with Gasteiger partial charge in [0.1, 0.15) is 11.3 Å². The summed E-state index contributed by atoms with van der Waals surface area (Å²) in [6.45, 7) is -0.477.